The minimum Gasteiger partial charge on any atom is -0.462 e. The van der Waals surface area contributed by atoms with Gasteiger partial charge in [-0.1, -0.05) is 0 Å². The summed E-state index contributed by atoms with van der Waals surface area (Å²) in [5.41, 5.74) is -0.191. The maximum atomic E-state index is 10.7. The molecule has 14 nitrogen and oxygen atoms in total. The Morgan fingerprint density at radius 2 is 1.38 bits per heavy atom. The molecule has 32 heavy (non-hydrogen) atoms. The van der Waals surface area contributed by atoms with Gasteiger partial charge < -0.3 is 54.7 Å². The summed E-state index contributed by atoms with van der Waals surface area (Å²) in [5, 5.41) is 80.4. The average molecular weight is 463 g/mol. The summed E-state index contributed by atoms with van der Waals surface area (Å²) in [4.78, 5) is 10.1. The maximum absolute atomic E-state index is 10.7. The minimum absolute atomic E-state index is 0.0804. The third kappa shape index (κ3) is 4.99. The highest BCUT2D eigenvalue weighted by Gasteiger charge is 2.51. The van der Waals surface area contributed by atoms with Crippen LogP contribution in [0.25, 0.3) is 0 Å². The van der Waals surface area contributed by atoms with Gasteiger partial charge in [-0.2, -0.15) is 0 Å². The highest BCUT2D eigenvalue weighted by Crippen LogP contribution is 2.30. The molecular formula is C18H25NO13. The zero-order valence-electron chi connectivity index (χ0n) is 16.5. The van der Waals surface area contributed by atoms with Crippen molar-refractivity contribution >= 4 is 5.69 Å². The van der Waals surface area contributed by atoms with E-state index in [-0.39, 0.29) is 11.4 Å². The standard InChI is InChI=1S/C18H25NO13/c20-5-9-11(22)12(23)14(25)18(30-9)32-16-10(6-21)31-17(15(26)13(16)24)29-8-3-1-7(2-4-8)19(27)28/h1-4,9-18,20-26H,5-6H2/t9-,10-,11+,12+,13-,14-,15-,16+,17-,18+/m1/s1. The van der Waals surface area contributed by atoms with Crippen LogP contribution >= 0.6 is 0 Å². The van der Waals surface area contributed by atoms with Crippen LogP contribution in [-0.4, -0.2) is 115 Å². The minimum atomic E-state index is -1.77. The molecule has 1 aromatic carbocycles. The fourth-order valence-electron chi connectivity index (χ4n) is 3.43. The van der Waals surface area contributed by atoms with Crippen LogP contribution < -0.4 is 4.74 Å². The summed E-state index contributed by atoms with van der Waals surface area (Å²) < 4.78 is 21.5. The lowest BCUT2D eigenvalue weighted by molar-refractivity contribution is -0.384. The molecule has 0 aliphatic carbocycles. The van der Waals surface area contributed by atoms with Gasteiger partial charge in [0.1, 0.15) is 54.6 Å². The van der Waals surface area contributed by atoms with E-state index >= 15 is 0 Å². The monoisotopic (exact) mass is 463 g/mol. The molecule has 0 saturated carbocycles. The smallest absolute Gasteiger partial charge is 0.269 e. The van der Waals surface area contributed by atoms with Gasteiger partial charge >= 0.3 is 0 Å². The van der Waals surface area contributed by atoms with Gasteiger partial charge in [-0.15, -0.1) is 0 Å². The first-order valence-electron chi connectivity index (χ1n) is 9.67. The lowest BCUT2D eigenvalue weighted by atomic mass is 9.97. The Labute approximate surface area is 180 Å². The predicted molar refractivity (Wildman–Crippen MR) is 100 cm³/mol. The van der Waals surface area contributed by atoms with E-state index < -0.39 is 79.5 Å². The van der Waals surface area contributed by atoms with Crippen molar-refractivity contribution in [1.29, 1.82) is 0 Å². The molecule has 180 valence electrons. The van der Waals surface area contributed by atoms with Crippen LogP contribution in [0.1, 0.15) is 0 Å². The number of aliphatic hydroxyl groups is 7. The van der Waals surface area contributed by atoms with Gasteiger partial charge in [-0.05, 0) is 12.1 Å². The largest absolute Gasteiger partial charge is 0.462 e. The first-order valence-corrected chi connectivity index (χ1v) is 9.67. The number of rotatable bonds is 7. The van der Waals surface area contributed by atoms with Gasteiger partial charge in [0.2, 0.25) is 6.29 Å². The number of nitrogens with zero attached hydrogens (tertiary/aromatic N) is 1. The lowest BCUT2D eigenvalue weighted by Gasteiger charge is -2.45. The van der Waals surface area contributed by atoms with E-state index in [9.17, 15) is 45.9 Å². The van der Waals surface area contributed by atoms with Crippen LogP contribution in [-0.2, 0) is 14.2 Å². The molecule has 0 spiro atoms. The molecule has 1 aromatic rings. The van der Waals surface area contributed by atoms with Crippen molar-refractivity contribution in [2.45, 2.75) is 61.4 Å². The molecule has 2 aliphatic rings. The second kappa shape index (κ2) is 10.3. The Bertz CT molecular complexity index is 760. The molecule has 7 N–H and O–H groups in total. The van der Waals surface area contributed by atoms with Crippen molar-refractivity contribution in [3.8, 4) is 5.75 Å². The van der Waals surface area contributed by atoms with E-state index in [2.05, 4.69) is 0 Å². The lowest BCUT2D eigenvalue weighted by Crippen LogP contribution is -2.65. The fourth-order valence-corrected chi connectivity index (χ4v) is 3.43. The number of ether oxygens (including phenoxy) is 4. The number of benzene rings is 1. The molecule has 2 fully saturated rings. The van der Waals surface area contributed by atoms with Crippen molar-refractivity contribution in [3.63, 3.8) is 0 Å². The first kappa shape index (κ1) is 24.7. The molecule has 2 heterocycles. The van der Waals surface area contributed by atoms with Gasteiger partial charge in [-0.3, -0.25) is 10.1 Å². The second-order valence-corrected chi connectivity index (χ2v) is 7.37. The number of hydrogen-bond donors (Lipinski definition) is 7. The van der Waals surface area contributed by atoms with E-state index in [0.29, 0.717) is 0 Å². The summed E-state index contributed by atoms with van der Waals surface area (Å²) in [5.74, 6) is 0.0804. The average Bonchev–Trinajstić information content (AvgIpc) is 2.79. The van der Waals surface area contributed by atoms with Gasteiger partial charge in [0.15, 0.2) is 6.29 Å². The highest BCUT2D eigenvalue weighted by atomic mass is 16.7. The number of non-ortho nitro benzene ring substituents is 1. The molecule has 3 rings (SSSR count). The molecule has 14 heteroatoms. The molecule has 2 saturated heterocycles. The van der Waals surface area contributed by atoms with Crippen LogP contribution in [0.5, 0.6) is 5.75 Å². The summed E-state index contributed by atoms with van der Waals surface area (Å²) in [7, 11) is 0. The van der Waals surface area contributed by atoms with Crippen molar-refractivity contribution in [3.05, 3.63) is 34.4 Å². The van der Waals surface area contributed by atoms with Crippen LogP contribution in [0.4, 0.5) is 5.69 Å². The first-order chi connectivity index (χ1) is 15.2. The Morgan fingerprint density at radius 3 is 1.94 bits per heavy atom. The molecule has 0 bridgehead atoms. The quantitative estimate of drug-likeness (QED) is 0.155. The van der Waals surface area contributed by atoms with E-state index in [1.54, 1.807) is 0 Å². The number of nitro groups is 1. The van der Waals surface area contributed by atoms with Crippen molar-refractivity contribution in [2.24, 2.45) is 0 Å². The summed E-state index contributed by atoms with van der Waals surface area (Å²) in [6.07, 6.45) is -15.7. The Hall–Kier alpha value is -1.98. The van der Waals surface area contributed by atoms with E-state index in [4.69, 9.17) is 18.9 Å². The molecule has 0 unspecified atom stereocenters. The van der Waals surface area contributed by atoms with Crippen molar-refractivity contribution < 1.29 is 59.6 Å². The van der Waals surface area contributed by atoms with Crippen LogP contribution in [0.2, 0.25) is 0 Å². The van der Waals surface area contributed by atoms with Gasteiger partial charge in [0.05, 0.1) is 18.1 Å². The molecule has 0 radical (unpaired) electrons. The van der Waals surface area contributed by atoms with Crippen LogP contribution in [0, 0.1) is 10.1 Å². The molecular weight excluding hydrogens is 438 g/mol. The Morgan fingerprint density at radius 1 is 0.812 bits per heavy atom. The van der Waals surface area contributed by atoms with Crippen LogP contribution in [0.3, 0.4) is 0 Å². The highest BCUT2D eigenvalue weighted by molar-refractivity contribution is 5.36. The van der Waals surface area contributed by atoms with Gasteiger partial charge in [0, 0.05) is 12.1 Å². The fraction of sp³-hybridized carbons (Fsp3) is 0.667. The predicted octanol–water partition coefficient (Wildman–Crippen LogP) is -3.40. The summed E-state index contributed by atoms with van der Waals surface area (Å²) in [6, 6.07) is 4.83. The van der Waals surface area contributed by atoms with E-state index in [0.717, 1.165) is 12.1 Å². The second-order valence-electron chi connectivity index (χ2n) is 7.37. The SMILES string of the molecule is O=[N+]([O-])c1ccc(O[C@@H]2O[C@H](CO)[C@H](O[C@@H]3O[C@H](CO)[C@H](O)[C@H](O)[C@H]3O)[C@H](O)[C@H]2O)cc1. The molecule has 2 aliphatic heterocycles. The van der Waals surface area contributed by atoms with E-state index in [1.165, 1.54) is 12.1 Å². The van der Waals surface area contributed by atoms with Gasteiger partial charge in [-0.25, -0.2) is 0 Å². The van der Waals surface area contributed by atoms with Crippen molar-refractivity contribution in [1.82, 2.24) is 0 Å². The Balaban J connectivity index is 1.70. The molecule has 0 aromatic heterocycles. The van der Waals surface area contributed by atoms with E-state index in [1.807, 2.05) is 0 Å². The van der Waals surface area contributed by atoms with Crippen molar-refractivity contribution in [2.75, 3.05) is 13.2 Å². The summed E-state index contributed by atoms with van der Waals surface area (Å²) >= 11 is 0. The third-order valence-electron chi connectivity index (χ3n) is 5.26. The summed E-state index contributed by atoms with van der Waals surface area (Å²) in [6.45, 7) is -1.42. The maximum Gasteiger partial charge on any atom is 0.269 e. The Kier molecular flexibility index (Phi) is 7.94. The topological polar surface area (TPSA) is 222 Å². The third-order valence-corrected chi connectivity index (χ3v) is 5.26. The molecule has 0 amide bonds. The zero-order chi connectivity index (χ0) is 23.6. The van der Waals surface area contributed by atoms with Gasteiger partial charge in [0.25, 0.3) is 5.69 Å². The van der Waals surface area contributed by atoms with Crippen LogP contribution in [0.15, 0.2) is 24.3 Å². The normalized spacial score (nSPS) is 40.1. The number of aliphatic hydroxyl groups excluding tert-OH is 7. The zero-order valence-corrected chi connectivity index (χ0v) is 16.5. The molecule has 10 atom stereocenters. The number of nitro benzene ring substituents is 1. The number of hydrogen-bond acceptors (Lipinski definition) is 13.